The highest BCUT2D eigenvalue weighted by Gasteiger charge is 2.29. The fourth-order valence-corrected chi connectivity index (χ4v) is 0.177. The van der Waals surface area contributed by atoms with E-state index in [2.05, 4.69) is 0 Å². The summed E-state index contributed by atoms with van der Waals surface area (Å²) in [7, 11) is 0. The lowest BCUT2D eigenvalue weighted by Gasteiger charge is -1.95. The van der Waals surface area contributed by atoms with Crippen molar-refractivity contribution in [1.29, 1.82) is 0 Å². The summed E-state index contributed by atoms with van der Waals surface area (Å²) < 4.78 is 10.0. The molecule has 42 valence electrons. The number of rotatable bonds is 2. The summed E-state index contributed by atoms with van der Waals surface area (Å²) in [6.45, 7) is 5.92. The molecular formula is C5H11OS+. The molecule has 0 unspecified atom stereocenters. The van der Waals surface area contributed by atoms with Gasteiger partial charge >= 0.3 is 11.7 Å². The van der Waals surface area contributed by atoms with E-state index >= 15 is 0 Å². The van der Waals surface area contributed by atoms with Gasteiger partial charge < -0.3 is 0 Å². The first-order chi connectivity index (χ1) is 3.12. The monoisotopic (exact) mass is 119 g/mol. The average Bonchev–Trinajstić information content (AvgIpc) is 1.68. The van der Waals surface area contributed by atoms with Gasteiger partial charge in [0.05, 0.1) is 0 Å². The zero-order valence-electron chi connectivity index (χ0n) is 5.02. The lowest BCUT2D eigenvalue weighted by Crippen LogP contribution is -2.14. The van der Waals surface area contributed by atoms with Gasteiger partial charge in [0, 0.05) is 10.6 Å². The van der Waals surface area contributed by atoms with Crippen LogP contribution in [0, 0.1) is 0 Å². The maximum atomic E-state index is 10.1. The smallest absolute Gasteiger partial charge is 0.0596 e. The predicted octanol–water partition coefficient (Wildman–Crippen LogP) is 1.60. The van der Waals surface area contributed by atoms with Crippen LogP contribution in [-0.4, -0.2) is 4.75 Å². The third-order valence-electron chi connectivity index (χ3n) is 1.08. The van der Waals surface area contributed by atoms with Crippen LogP contribution in [0.1, 0.15) is 27.2 Å². The lowest BCUT2D eigenvalue weighted by molar-refractivity contribution is 0.573. The third-order valence-corrected chi connectivity index (χ3v) is 1.82. The summed E-state index contributed by atoms with van der Waals surface area (Å²) in [4.78, 5) is 0. The van der Waals surface area contributed by atoms with Gasteiger partial charge in [0.15, 0.2) is 0 Å². The average molecular weight is 119 g/mol. The van der Waals surface area contributed by atoms with Crippen LogP contribution in [-0.2, 0) is 15.9 Å². The molecule has 0 heterocycles. The van der Waals surface area contributed by atoms with Crippen molar-refractivity contribution in [1.82, 2.24) is 0 Å². The van der Waals surface area contributed by atoms with E-state index in [4.69, 9.17) is 0 Å². The second-order valence-electron chi connectivity index (χ2n) is 2.20. The first-order valence-electron chi connectivity index (χ1n) is 2.43. The Bertz CT molecular complexity index is 68.5. The minimum atomic E-state index is -0.0556. The molecule has 0 aromatic rings. The van der Waals surface area contributed by atoms with E-state index in [1.807, 2.05) is 20.8 Å². The molecule has 1 nitrogen and oxygen atoms in total. The number of hydrogen-bond donors (Lipinski definition) is 0. The lowest BCUT2D eigenvalue weighted by atomic mass is 10.1. The quantitative estimate of drug-likeness (QED) is 0.505. The van der Waals surface area contributed by atoms with Crippen LogP contribution in [0.15, 0.2) is 0 Å². The molecule has 0 radical (unpaired) electrons. The zero-order valence-corrected chi connectivity index (χ0v) is 5.84. The van der Waals surface area contributed by atoms with E-state index in [1.54, 1.807) is 0 Å². The van der Waals surface area contributed by atoms with E-state index in [1.165, 1.54) is 0 Å². The Labute approximate surface area is 48.6 Å². The Morgan fingerprint density at radius 1 is 1.57 bits per heavy atom. The molecule has 0 aliphatic heterocycles. The largest absolute Gasteiger partial charge is 0.464 e. The third kappa shape index (κ3) is 2.68. The van der Waals surface area contributed by atoms with E-state index in [0.29, 0.717) is 11.7 Å². The van der Waals surface area contributed by atoms with Gasteiger partial charge in [-0.15, -0.1) is 0 Å². The topological polar surface area (TPSA) is 17.1 Å². The van der Waals surface area contributed by atoms with Gasteiger partial charge in [-0.3, -0.25) is 0 Å². The Morgan fingerprint density at radius 2 is 2.00 bits per heavy atom. The Kier molecular flexibility index (Phi) is 2.37. The van der Waals surface area contributed by atoms with Crippen LogP contribution in [0.5, 0.6) is 0 Å². The molecule has 0 saturated heterocycles. The maximum absolute atomic E-state index is 10.1. The predicted molar refractivity (Wildman–Crippen MR) is 32.4 cm³/mol. The van der Waals surface area contributed by atoms with Crippen molar-refractivity contribution in [3.05, 3.63) is 0 Å². The molecule has 0 aromatic heterocycles. The fraction of sp³-hybridized carbons (Fsp3) is 1.00. The summed E-state index contributed by atoms with van der Waals surface area (Å²) in [5.41, 5.74) is 0. The molecule has 0 N–H and O–H groups in total. The maximum Gasteiger partial charge on any atom is 0.464 e. The van der Waals surface area contributed by atoms with Crippen LogP contribution < -0.4 is 0 Å². The van der Waals surface area contributed by atoms with Crippen LogP contribution in [0.2, 0.25) is 0 Å². The van der Waals surface area contributed by atoms with Gasteiger partial charge in [-0.1, -0.05) is 6.92 Å². The van der Waals surface area contributed by atoms with Crippen molar-refractivity contribution < 1.29 is 4.21 Å². The van der Waals surface area contributed by atoms with Crippen molar-refractivity contribution in [2.45, 2.75) is 31.9 Å². The second-order valence-corrected chi connectivity index (χ2v) is 3.47. The molecule has 0 fully saturated rings. The van der Waals surface area contributed by atoms with Gasteiger partial charge in [0.25, 0.3) is 0 Å². The highest BCUT2D eigenvalue weighted by atomic mass is 32.1. The molecule has 0 amide bonds. The molecule has 2 heteroatoms. The van der Waals surface area contributed by atoms with Gasteiger partial charge in [0.2, 0.25) is 4.75 Å². The van der Waals surface area contributed by atoms with E-state index < -0.39 is 0 Å². The van der Waals surface area contributed by atoms with E-state index in [0.717, 1.165) is 6.42 Å². The minimum absolute atomic E-state index is 0.0556. The van der Waals surface area contributed by atoms with E-state index in [9.17, 15) is 4.21 Å². The van der Waals surface area contributed by atoms with Crippen molar-refractivity contribution in [2.75, 3.05) is 0 Å². The van der Waals surface area contributed by atoms with Gasteiger partial charge in [-0.2, -0.15) is 0 Å². The summed E-state index contributed by atoms with van der Waals surface area (Å²) in [5.74, 6) is 0. The van der Waals surface area contributed by atoms with Crippen molar-refractivity contribution in [3.63, 3.8) is 0 Å². The number of hydrogen-bond acceptors (Lipinski definition) is 1. The summed E-state index contributed by atoms with van der Waals surface area (Å²) in [6, 6.07) is 0. The molecule has 0 aromatic carbocycles. The SMILES string of the molecule is CCC(C)(C)[S+]=O. The molecule has 0 bridgehead atoms. The van der Waals surface area contributed by atoms with Gasteiger partial charge in [-0.25, -0.2) is 0 Å². The van der Waals surface area contributed by atoms with Crippen molar-refractivity contribution in [2.24, 2.45) is 0 Å². The molecule has 0 rings (SSSR count). The molecule has 0 aliphatic carbocycles. The molecule has 0 atom stereocenters. The zero-order chi connectivity index (χ0) is 5.91. The summed E-state index contributed by atoms with van der Waals surface area (Å²) in [5, 5.41) is 0. The minimum Gasteiger partial charge on any atom is -0.0596 e. The van der Waals surface area contributed by atoms with Crippen LogP contribution >= 0.6 is 0 Å². The molecule has 7 heavy (non-hydrogen) atoms. The first-order valence-corrected chi connectivity index (χ1v) is 3.17. The van der Waals surface area contributed by atoms with Crippen LogP contribution in [0.3, 0.4) is 0 Å². The van der Waals surface area contributed by atoms with Gasteiger partial charge in [0.1, 0.15) is 0 Å². The molecule has 0 spiro atoms. The normalized spacial score (nSPS) is 11.3. The highest BCUT2D eigenvalue weighted by molar-refractivity contribution is 7.67. The molecule has 0 aliphatic rings. The molecular weight excluding hydrogens is 108 g/mol. The Morgan fingerprint density at radius 3 is 2.00 bits per heavy atom. The Hall–Kier alpha value is 0.0200. The van der Waals surface area contributed by atoms with Crippen molar-refractivity contribution >= 4 is 11.7 Å². The first kappa shape index (κ1) is 7.02. The fourth-order valence-electron chi connectivity index (χ4n) is 0.0589. The summed E-state index contributed by atoms with van der Waals surface area (Å²) in [6.07, 6.45) is 0.946. The standard InChI is InChI=1S/C5H11OS/c1-4-5(2,3)7-6/h4H2,1-3H3/q+1. The Balaban J connectivity index is 3.58. The highest BCUT2D eigenvalue weighted by Crippen LogP contribution is 2.08. The van der Waals surface area contributed by atoms with Crippen LogP contribution in [0.25, 0.3) is 0 Å². The summed E-state index contributed by atoms with van der Waals surface area (Å²) >= 11 is 0.677. The molecule has 0 saturated carbocycles. The van der Waals surface area contributed by atoms with Crippen molar-refractivity contribution in [3.8, 4) is 0 Å². The van der Waals surface area contributed by atoms with Crippen LogP contribution in [0.4, 0.5) is 0 Å². The second kappa shape index (κ2) is 2.36. The van der Waals surface area contributed by atoms with Gasteiger partial charge in [-0.05, 0) is 13.8 Å². The van der Waals surface area contributed by atoms with E-state index in [-0.39, 0.29) is 4.75 Å².